The average molecular weight is 491 g/mol. The van der Waals surface area contributed by atoms with Crippen molar-refractivity contribution in [2.75, 3.05) is 26.2 Å². The van der Waals surface area contributed by atoms with Gasteiger partial charge in [-0.15, -0.1) is 0 Å². The lowest BCUT2D eigenvalue weighted by Gasteiger charge is -2.27. The zero-order valence-corrected chi connectivity index (χ0v) is 19.6. The van der Waals surface area contributed by atoms with Gasteiger partial charge in [0.25, 0.3) is 11.8 Å². The van der Waals surface area contributed by atoms with Gasteiger partial charge in [0.2, 0.25) is 6.41 Å². The second-order valence-corrected chi connectivity index (χ2v) is 8.36. The van der Waals surface area contributed by atoms with Gasteiger partial charge in [-0.05, 0) is 42.7 Å². The van der Waals surface area contributed by atoms with Gasteiger partial charge in [-0.3, -0.25) is 19.3 Å². The van der Waals surface area contributed by atoms with Crippen molar-refractivity contribution in [1.29, 1.82) is 0 Å². The van der Waals surface area contributed by atoms with Gasteiger partial charge in [0.1, 0.15) is 6.73 Å². The van der Waals surface area contributed by atoms with Gasteiger partial charge in [0.05, 0.1) is 43.2 Å². The lowest BCUT2D eigenvalue weighted by atomic mass is 10.0. The van der Waals surface area contributed by atoms with Gasteiger partial charge in [0, 0.05) is 0 Å². The second-order valence-electron chi connectivity index (χ2n) is 7.31. The fraction of sp³-hybridized carbons (Fsp3) is 0.348. The largest absolute Gasteiger partial charge is 0.493 e. The molecule has 0 fully saturated rings. The third-order valence-electron chi connectivity index (χ3n) is 5.31. The highest BCUT2D eigenvalue weighted by atomic mass is 32.2. The van der Waals surface area contributed by atoms with Gasteiger partial charge in [-0.2, -0.15) is 0 Å². The van der Waals surface area contributed by atoms with Crippen molar-refractivity contribution in [2.45, 2.75) is 26.0 Å². The predicted octanol–water partition coefficient (Wildman–Crippen LogP) is 2.26. The highest BCUT2D eigenvalue weighted by molar-refractivity contribution is 7.79. The number of rotatable bonds is 13. The summed E-state index contributed by atoms with van der Waals surface area (Å²) >= 11 is -2.12. The van der Waals surface area contributed by atoms with E-state index in [9.17, 15) is 23.1 Å². The standard InChI is InChI=1S/C23H26N2O8S/c1-3-33-20-11-15(7-8-19(20)31-2)18(9-10-34(29)30)25-22(27)17-6-4-5-16(21(17)23(25)28)12-32-14-24-13-26/h4-8,11,13,18H,3,9-10,12,14H2,1-2H3,(H,24,26)(H,29,30). The first-order valence-corrected chi connectivity index (χ1v) is 11.8. The molecule has 1 heterocycles. The van der Waals surface area contributed by atoms with Crippen LogP contribution < -0.4 is 14.8 Å². The van der Waals surface area contributed by atoms with Crippen molar-refractivity contribution >= 4 is 29.3 Å². The molecule has 0 saturated heterocycles. The van der Waals surface area contributed by atoms with Crippen LogP contribution in [-0.4, -0.2) is 58.1 Å². The number of nitrogens with one attached hydrogen (secondary N) is 1. The summed E-state index contributed by atoms with van der Waals surface area (Å²) in [5.41, 5.74) is 1.51. The first-order chi connectivity index (χ1) is 16.4. The molecule has 3 rings (SSSR count). The number of ether oxygens (including phenoxy) is 3. The molecule has 11 heteroatoms. The average Bonchev–Trinajstić information content (AvgIpc) is 3.08. The van der Waals surface area contributed by atoms with E-state index < -0.39 is 28.9 Å². The smallest absolute Gasteiger partial charge is 0.262 e. The van der Waals surface area contributed by atoms with E-state index in [1.807, 2.05) is 6.92 Å². The molecule has 2 aromatic rings. The van der Waals surface area contributed by atoms with E-state index in [1.54, 1.807) is 36.4 Å². The number of amides is 3. The predicted molar refractivity (Wildman–Crippen MR) is 123 cm³/mol. The monoisotopic (exact) mass is 490 g/mol. The molecule has 1 aliphatic heterocycles. The number of fused-ring (bicyclic) bond motifs is 1. The zero-order chi connectivity index (χ0) is 24.7. The van der Waals surface area contributed by atoms with Crippen LogP contribution in [0.3, 0.4) is 0 Å². The number of hydrogen-bond donors (Lipinski definition) is 2. The molecule has 0 bridgehead atoms. The van der Waals surface area contributed by atoms with Crippen LogP contribution in [-0.2, 0) is 27.2 Å². The first kappa shape index (κ1) is 25.3. The van der Waals surface area contributed by atoms with E-state index in [2.05, 4.69) is 5.32 Å². The number of hydrogen-bond acceptors (Lipinski definition) is 7. The third kappa shape index (κ3) is 5.44. The minimum Gasteiger partial charge on any atom is -0.493 e. The molecule has 2 unspecified atom stereocenters. The summed E-state index contributed by atoms with van der Waals surface area (Å²) in [6, 6.07) is 9.12. The Morgan fingerprint density at radius 1 is 1.18 bits per heavy atom. The Morgan fingerprint density at radius 2 is 1.97 bits per heavy atom. The normalized spacial score (nSPS) is 14.5. The third-order valence-corrected chi connectivity index (χ3v) is 5.89. The lowest BCUT2D eigenvalue weighted by molar-refractivity contribution is -0.111. The molecule has 3 amide bonds. The number of imide groups is 1. The number of methoxy groups -OCH3 is 1. The molecule has 2 atom stereocenters. The molecule has 10 nitrogen and oxygen atoms in total. The van der Waals surface area contributed by atoms with E-state index in [1.165, 1.54) is 7.11 Å². The quantitative estimate of drug-likeness (QED) is 0.144. The maximum absolute atomic E-state index is 13.5. The van der Waals surface area contributed by atoms with Crippen molar-refractivity contribution in [1.82, 2.24) is 10.2 Å². The molecule has 1 aliphatic rings. The van der Waals surface area contributed by atoms with Gasteiger partial charge >= 0.3 is 0 Å². The lowest BCUT2D eigenvalue weighted by Crippen LogP contribution is -2.35. The summed E-state index contributed by atoms with van der Waals surface area (Å²) < 4.78 is 37.2. The van der Waals surface area contributed by atoms with E-state index in [4.69, 9.17) is 14.2 Å². The van der Waals surface area contributed by atoms with Crippen LogP contribution in [0.4, 0.5) is 0 Å². The van der Waals surface area contributed by atoms with E-state index in [0.717, 1.165) is 4.90 Å². The molecule has 2 N–H and O–H groups in total. The van der Waals surface area contributed by atoms with Crippen molar-refractivity contribution in [2.24, 2.45) is 0 Å². The second kappa shape index (κ2) is 11.7. The minimum atomic E-state index is -2.12. The molecule has 182 valence electrons. The van der Waals surface area contributed by atoms with Crippen molar-refractivity contribution in [3.8, 4) is 11.5 Å². The maximum Gasteiger partial charge on any atom is 0.262 e. The Bertz CT molecular complexity index is 1090. The molecule has 2 aromatic carbocycles. The van der Waals surface area contributed by atoms with E-state index >= 15 is 0 Å². The van der Waals surface area contributed by atoms with Crippen molar-refractivity contribution < 1.29 is 37.4 Å². The molecule has 0 spiro atoms. The molecular formula is C23H26N2O8S. The molecule has 0 aliphatic carbocycles. The molecule has 0 radical (unpaired) electrons. The maximum atomic E-state index is 13.5. The van der Waals surface area contributed by atoms with Crippen LogP contribution in [0.1, 0.15) is 51.2 Å². The van der Waals surface area contributed by atoms with E-state index in [0.29, 0.717) is 35.6 Å². The molecule has 0 aromatic heterocycles. The summed E-state index contributed by atoms with van der Waals surface area (Å²) in [5.74, 6) is -0.242. The summed E-state index contributed by atoms with van der Waals surface area (Å²) in [6.07, 6.45) is 0.564. The molecule has 0 saturated carbocycles. The van der Waals surface area contributed by atoms with Crippen LogP contribution in [0.5, 0.6) is 11.5 Å². The first-order valence-electron chi connectivity index (χ1n) is 10.6. The Morgan fingerprint density at radius 3 is 2.65 bits per heavy atom. The minimum absolute atomic E-state index is 0.0131. The Balaban J connectivity index is 1.99. The SMILES string of the molecule is CCOc1cc(C(CCS(=O)O)N2C(=O)c3cccc(COCNC=O)c3C2=O)ccc1OC. The molecular weight excluding hydrogens is 464 g/mol. The fourth-order valence-electron chi connectivity index (χ4n) is 3.86. The van der Waals surface area contributed by atoms with Crippen molar-refractivity contribution in [3.05, 3.63) is 58.7 Å². The Kier molecular flexibility index (Phi) is 8.74. The Labute approximate surface area is 199 Å². The summed E-state index contributed by atoms with van der Waals surface area (Å²) in [6.45, 7) is 2.16. The highest BCUT2D eigenvalue weighted by Gasteiger charge is 2.42. The zero-order valence-electron chi connectivity index (χ0n) is 18.8. The number of carbonyl (C=O) groups excluding carboxylic acids is 3. The van der Waals surface area contributed by atoms with E-state index in [-0.39, 0.29) is 36.6 Å². The topological polar surface area (TPSA) is 131 Å². The number of carbonyl (C=O) groups is 3. The summed E-state index contributed by atoms with van der Waals surface area (Å²) in [5, 5.41) is 2.37. The van der Waals surface area contributed by atoms with Gasteiger partial charge in [0.15, 0.2) is 22.6 Å². The van der Waals surface area contributed by atoms with Crippen LogP contribution in [0.25, 0.3) is 0 Å². The van der Waals surface area contributed by atoms with Gasteiger partial charge in [-0.25, -0.2) is 4.21 Å². The van der Waals surface area contributed by atoms with Crippen molar-refractivity contribution in [3.63, 3.8) is 0 Å². The fourth-order valence-corrected chi connectivity index (χ4v) is 4.28. The van der Waals surface area contributed by atoms with Gasteiger partial charge < -0.3 is 24.1 Å². The van der Waals surface area contributed by atoms with Crippen LogP contribution in [0, 0.1) is 0 Å². The number of benzene rings is 2. The summed E-state index contributed by atoms with van der Waals surface area (Å²) in [7, 11) is 1.50. The summed E-state index contributed by atoms with van der Waals surface area (Å²) in [4.78, 5) is 38.4. The van der Waals surface area contributed by atoms with Crippen LogP contribution in [0.2, 0.25) is 0 Å². The molecule has 34 heavy (non-hydrogen) atoms. The number of nitrogens with zero attached hydrogens (tertiary/aromatic N) is 1. The van der Waals surface area contributed by atoms with Gasteiger partial charge in [-0.1, -0.05) is 18.2 Å². The van der Waals surface area contributed by atoms with Crippen LogP contribution in [0.15, 0.2) is 36.4 Å². The van der Waals surface area contributed by atoms with Crippen LogP contribution >= 0.6 is 0 Å². The highest BCUT2D eigenvalue weighted by Crippen LogP contribution is 2.38. The Hall–Kier alpha value is -3.28.